The third-order valence-corrected chi connectivity index (χ3v) is 6.41. The largest absolute Gasteiger partial charge is 0.370 e. The Morgan fingerprint density at radius 3 is 1.94 bits per heavy atom. The normalized spacial score (nSPS) is 48.8. The molecule has 2 N–H and O–H groups in total. The number of rotatable bonds is 3. The average Bonchev–Trinajstić information content (AvgIpc) is 2.82. The second-order valence-electron chi connectivity index (χ2n) is 7.61. The van der Waals surface area contributed by atoms with Gasteiger partial charge in [0.2, 0.25) is 0 Å². The molecule has 0 aromatic rings. The fourth-order valence-electron chi connectivity index (χ4n) is 5.75. The summed E-state index contributed by atoms with van der Waals surface area (Å²) in [7, 11) is 0. The molecule has 18 heavy (non-hydrogen) atoms. The Hall–Kier alpha value is -0.0800. The molecule has 0 amide bonds. The van der Waals surface area contributed by atoms with Gasteiger partial charge in [0.25, 0.3) is 0 Å². The van der Waals surface area contributed by atoms with Crippen LogP contribution in [0.15, 0.2) is 0 Å². The molecule has 2 nitrogen and oxygen atoms in total. The number of hydrogen-bond acceptors (Lipinski definition) is 2. The molecule has 2 heteroatoms. The van der Waals surface area contributed by atoms with Gasteiger partial charge in [-0.15, -0.1) is 0 Å². The highest BCUT2D eigenvalue weighted by molar-refractivity contribution is 5.01. The number of nitrogens with two attached hydrogens (primary N) is 1. The van der Waals surface area contributed by atoms with Crippen molar-refractivity contribution in [1.82, 2.24) is 0 Å². The van der Waals surface area contributed by atoms with E-state index in [1.54, 1.807) is 0 Å². The maximum absolute atomic E-state index is 6.70. The lowest BCUT2D eigenvalue weighted by molar-refractivity contribution is -0.184. The highest BCUT2D eigenvalue weighted by Gasteiger charge is 2.51. The Kier molecular flexibility index (Phi) is 2.74. The van der Waals surface area contributed by atoms with Crippen LogP contribution in [0.5, 0.6) is 0 Å². The summed E-state index contributed by atoms with van der Waals surface area (Å²) in [6.07, 6.45) is 13.0. The molecule has 5 aliphatic carbocycles. The van der Waals surface area contributed by atoms with Gasteiger partial charge >= 0.3 is 0 Å². The molecule has 5 fully saturated rings. The number of hydrogen-bond donors (Lipinski definition) is 1. The lowest BCUT2D eigenvalue weighted by Gasteiger charge is -2.55. The van der Waals surface area contributed by atoms with E-state index in [0.29, 0.717) is 6.10 Å². The first kappa shape index (κ1) is 11.7. The van der Waals surface area contributed by atoms with Crippen LogP contribution >= 0.6 is 0 Å². The van der Waals surface area contributed by atoms with Crippen molar-refractivity contribution in [3.8, 4) is 0 Å². The molecule has 102 valence electrons. The van der Waals surface area contributed by atoms with Crippen LogP contribution in [0.4, 0.5) is 0 Å². The minimum Gasteiger partial charge on any atom is -0.370 e. The highest BCUT2D eigenvalue weighted by Crippen LogP contribution is 2.55. The summed E-state index contributed by atoms with van der Waals surface area (Å²) in [6.45, 7) is 0.746. The van der Waals surface area contributed by atoms with Crippen LogP contribution in [0, 0.1) is 23.7 Å². The van der Waals surface area contributed by atoms with E-state index in [9.17, 15) is 0 Å². The van der Waals surface area contributed by atoms with Gasteiger partial charge in [0.15, 0.2) is 0 Å². The molecule has 0 atom stereocenters. The van der Waals surface area contributed by atoms with Crippen molar-refractivity contribution in [2.75, 3.05) is 6.54 Å². The SMILES string of the molecule is NCC1(OC2C3CC4CC(C3)CC2C4)CCCC1. The van der Waals surface area contributed by atoms with Gasteiger partial charge in [0.05, 0.1) is 11.7 Å². The highest BCUT2D eigenvalue weighted by atomic mass is 16.5. The second-order valence-corrected chi connectivity index (χ2v) is 7.61. The first-order valence-electron chi connectivity index (χ1n) is 8.16. The van der Waals surface area contributed by atoms with Crippen molar-refractivity contribution in [3.63, 3.8) is 0 Å². The Bertz CT molecular complexity index is 293. The monoisotopic (exact) mass is 249 g/mol. The maximum atomic E-state index is 6.70. The fraction of sp³-hybridized carbons (Fsp3) is 1.00. The van der Waals surface area contributed by atoms with Crippen molar-refractivity contribution in [1.29, 1.82) is 0 Å². The van der Waals surface area contributed by atoms with E-state index in [0.717, 1.165) is 30.2 Å². The summed E-state index contributed by atoms with van der Waals surface area (Å²) >= 11 is 0. The molecular formula is C16H27NO. The fourth-order valence-corrected chi connectivity index (χ4v) is 5.75. The molecule has 0 unspecified atom stereocenters. The standard InChI is InChI=1S/C16H27NO/c17-10-16(3-1-2-4-16)18-15-13-6-11-5-12(8-13)9-14(15)7-11/h11-15H,1-10,17H2. The van der Waals surface area contributed by atoms with Crippen LogP contribution in [0.2, 0.25) is 0 Å². The van der Waals surface area contributed by atoms with E-state index < -0.39 is 0 Å². The third-order valence-electron chi connectivity index (χ3n) is 6.41. The van der Waals surface area contributed by atoms with Gasteiger partial charge in [-0.3, -0.25) is 0 Å². The molecule has 0 aromatic heterocycles. The smallest absolute Gasteiger partial charge is 0.0808 e. The molecule has 0 saturated heterocycles. The summed E-state index contributed by atoms with van der Waals surface area (Å²) < 4.78 is 6.70. The Morgan fingerprint density at radius 2 is 1.44 bits per heavy atom. The molecule has 0 radical (unpaired) electrons. The van der Waals surface area contributed by atoms with Crippen LogP contribution in [0.3, 0.4) is 0 Å². The van der Waals surface area contributed by atoms with Crippen molar-refractivity contribution in [3.05, 3.63) is 0 Å². The van der Waals surface area contributed by atoms with E-state index in [-0.39, 0.29) is 5.60 Å². The van der Waals surface area contributed by atoms with E-state index in [1.165, 1.54) is 57.8 Å². The summed E-state index contributed by atoms with van der Waals surface area (Å²) in [6, 6.07) is 0. The number of ether oxygens (including phenoxy) is 1. The van der Waals surface area contributed by atoms with Crippen molar-refractivity contribution < 1.29 is 4.74 Å². The average molecular weight is 249 g/mol. The van der Waals surface area contributed by atoms with Crippen LogP contribution in [-0.2, 0) is 4.74 Å². The molecule has 0 spiro atoms. The van der Waals surface area contributed by atoms with Crippen molar-refractivity contribution in [2.45, 2.75) is 69.5 Å². The van der Waals surface area contributed by atoms with Gasteiger partial charge in [-0.25, -0.2) is 0 Å². The molecule has 5 aliphatic rings. The van der Waals surface area contributed by atoms with Gasteiger partial charge < -0.3 is 10.5 Å². The minimum absolute atomic E-state index is 0.0695. The quantitative estimate of drug-likeness (QED) is 0.834. The van der Waals surface area contributed by atoms with Crippen LogP contribution in [0.25, 0.3) is 0 Å². The first-order chi connectivity index (χ1) is 8.78. The van der Waals surface area contributed by atoms with E-state index in [2.05, 4.69) is 0 Å². The zero-order valence-electron chi connectivity index (χ0n) is 11.4. The Labute approximate surface area is 111 Å². The second kappa shape index (κ2) is 4.21. The molecular weight excluding hydrogens is 222 g/mol. The van der Waals surface area contributed by atoms with Gasteiger partial charge in [-0.05, 0) is 68.6 Å². The predicted molar refractivity (Wildman–Crippen MR) is 72.2 cm³/mol. The van der Waals surface area contributed by atoms with Gasteiger partial charge in [0.1, 0.15) is 0 Å². The summed E-state index contributed by atoms with van der Waals surface area (Å²) in [5, 5.41) is 0. The molecule has 0 heterocycles. The van der Waals surface area contributed by atoms with Crippen molar-refractivity contribution >= 4 is 0 Å². The maximum Gasteiger partial charge on any atom is 0.0808 e. The van der Waals surface area contributed by atoms with Gasteiger partial charge in [-0.2, -0.15) is 0 Å². The van der Waals surface area contributed by atoms with E-state index in [4.69, 9.17) is 10.5 Å². The zero-order valence-corrected chi connectivity index (χ0v) is 11.4. The van der Waals surface area contributed by atoms with Gasteiger partial charge in [0, 0.05) is 6.54 Å². The Balaban J connectivity index is 1.51. The third kappa shape index (κ3) is 1.76. The molecule has 5 rings (SSSR count). The lowest BCUT2D eigenvalue weighted by atomic mass is 9.55. The first-order valence-corrected chi connectivity index (χ1v) is 8.16. The Morgan fingerprint density at radius 1 is 0.889 bits per heavy atom. The minimum atomic E-state index is 0.0695. The summed E-state index contributed by atoms with van der Waals surface area (Å²) in [5.41, 5.74) is 6.12. The van der Waals surface area contributed by atoms with Crippen LogP contribution < -0.4 is 5.73 Å². The topological polar surface area (TPSA) is 35.2 Å². The van der Waals surface area contributed by atoms with Gasteiger partial charge in [-0.1, -0.05) is 12.8 Å². The summed E-state index contributed by atoms with van der Waals surface area (Å²) in [4.78, 5) is 0. The predicted octanol–water partition coefficient (Wildman–Crippen LogP) is 3.10. The molecule has 0 aliphatic heterocycles. The van der Waals surface area contributed by atoms with Crippen LogP contribution in [-0.4, -0.2) is 18.2 Å². The zero-order chi connectivity index (χ0) is 12.2. The summed E-state index contributed by atoms with van der Waals surface area (Å²) in [5.74, 6) is 3.85. The lowest BCUT2D eigenvalue weighted by Crippen LogP contribution is -2.53. The molecule has 0 aromatic carbocycles. The van der Waals surface area contributed by atoms with E-state index >= 15 is 0 Å². The molecule has 4 bridgehead atoms. The molecule has 5 saturated carbocycles. The van der Waals surface area contributed by atoms with Crippen LogP contribution in [0.1, 0.15) is 57.8 Å². The van der Waals surface area contributed by atoms with Crippen molar-refractivity contribution in [2.24, 2.45) is 29.4 Å². The van der Waals surface area contributed by atoms with E-state index in [1.807, 2.05) is 0 Å².